The lowest BCUT2D eigenvalue weighted by Crippen LogP contribution is -2.37. The third-order valence-electron chi connectivity index (χ3n) is 3.56. The Bertz CT molecular complexity index is 673. The fourth-order valence-electron chi connectivity index (χ4n) is 2.41. The average Bonchev–Trinajstić information content (AvgIpc) is 2.83. The molecule has 0 spiro atoms. The van der Waals surface area contributed by atoms with Crippen LogP contribution in [0.2, 0.25) is 0 Å². The molecule has 0 amide bonds. The molecule has 0 saturated carbocycles. The van der Waals surface area contributed by atoms with E-state index in [0.717, 1.165) is 12.5 Å². The molecule has 2 heterocycles. The molecule has 0 bridgehead atoms. The van der Waals surface area contributed by atoms with Gasteiger partial charge in [0.2, 0.25) is 0 Å². The van der Waals surface area contributed by atoms with Crippen molar-refractivity contribution in [3.63, 3.8) is 0 Å². The van der Waals surface area contributed by atoms with Gasteiger partial charge in [-0.2, -0.15) is 13.2 Å². The summed E-state index contributed by atoms with van der Waals surface area (Å²) in [6.45, 7) is -0.858. The van der Waals surface area contributed by atoms with Gasteiger partial charge in [0.05, 0.1) is 16.7 Å². The van der Waals surface area contributed by atoms with Crippen LogP contribution in [0.3, 0.4) is 0 Å². The summed E-state index contributed by atoms with van der Waals surface area (Å²) in [5.74, 6) is -3.09. The van der Waals surface area contributed by atoms with Gasteiger partial charge in [0.1, 0.15) is 5.82 Å². The minimum absolute atomic E-state index is 0.102. The first-order valence-corrected chi connectivity index (χ1v) is 8.15. The molecule has 2 atom stereocenters. The molecule has 2 rings (SSSR count). The average molecular weight is 338 g/mol. The SMILES string of the molecule is CS(=O)(=O)[C@@H]1CN(c2ccc(C(=O)O)cn2)C[C@H]1C(F)(F)F. The molecule has 22 heavy (non-hydrogen) atoms. The van der Waals surface area contributed by atoms with E-state index in [0.29, 0.717) is 0 Å². The molecule has 0 radical (unpaired) electrons. The highest BCUT2D eigenvalue weighted by Gasteiger charge is 2.53. The second-order valence-corrected chi connectivity index (χ2v) is 7.40. The van der Waals surface area contributed by atoms with Gasteiger partial charge < -0.3 is 10.0 Å². The van der Waals surface area contributed by atoms with Crippen LogP contribution >= 0.6 is 0 Å². The lowest BCUT2D eigenvalue weighted by Gasteiger charge is -2.19. The molecule has 1 aromatic rings. The number of anilines is 1. The Labute approximate surface area is 124 Å². The topological polar surface area (TPSA) is 87.6 Å². The van der Waals surface area contributed by atoms with Crippen molar-refractivity contribution in [3.8, 4) is 0 Å². The normalized spacial score (nSPS) is 22.8. The predicted molar refractivity (Wildman–Crippen MR) is 71.6 cm³/mol. The summed E-state index contributed by atoms with van der Waals surface area (Å²) in [7, 11) is -3.88. The summed E-state index contributed by atoms with van der Waals surface area (Å²) in [5, 5.41) is 7.20. The number of aromatic nitrogens is 1. The standard InChI is InChI=1S/C12H13F3N2O4S/c1-22(20,21)9-6-17(5-8(9)12(13,14)15)10-3-2-7(4-16-10)11(18)19/h2-4,8-9H,5-6H2,1H3,(H,18,19)/t8-,9-/m1/s1. The van der Waals surface area contributed by atoms with Crippen molar-refractivity contribution in [2.24, 2.45) is 5.92 Å². The summed E-state index contributed by atoms with van der Waals surface area (Å²) < 4.78 is 62.2. The van der Waals surface area contributed by atoms with Crippen LogP contribution in [0, 0.1) is 5.92 Å². The van der Waals surface area contributed by atoms with Crippen molar-refractivity contribution in [3.05, 3.63) is 23.9 Å². The lowest BCUT2D eigenvalue weighted by atomic mass is 10.1. The number of carbonyl (C=O) groups is 1. The van der Waals surface area contributed by atoms with Crippen molar-refractivity contribution in [1.82, 2.24) is 4.98 Å². The molecule has 1 N–H and O–H groups in total. The van der Waals surface area contributed by atoms with Crippen LogP contribution in [-0.4, -0.2) is 55.2 Å². The smallest absolute Gasteiger partial charge is 0.394 e. The van der Waals surface area contributed by atoms with Crippen LogP contribution in [0.15, 0.2) is 18.3 Å². The van der Waals surface area contributed by atoms with Crippen molar-refractivity contribution in [2.45, 2.75) is 11.4 Å². The zero-order valence-corrected chi connectivity index (χ0v) is 12.2. The van der Waals surface area contributed by atoms with Gasteiger partial charge >= 0.3 is 12.1 Å². The van der Waals surface area contributed by atoms with Crippen molar-refractivity contribution in [2.75, 3.05) is 24.2 Å². The molecule has 1 aliphatic heterocycles. The highest BCUT2D eigenvalue weighted by Crippen LogP contribution is 2.38. The molecule has 10 heteroatoms. The van der Waals surface area contributed by atoms with Crippen LogP contribution < -0.4 is 4.90 Å². The lowest BCUT2D eigenvalue weighted by molar-refractivity contribution is -0.167. The Morgan fingerprint density at radius 1 is 1.36 bits per heavy atom. The number of halogens is 3. The Morgan fingerprint density at radius 3 is 2.36 bits per heavy atom. The summed E-state index contributed by atoms with van der Waals surface area (Å²) in [5.41, 5.74) is -0.102. The van der Waals surface area contributed by atoms with Gasteiger partial charge in [-0.15, -0.1) is 0 Å². The number of carboxylic acid groups (broad SMARTS) is 1. The minimum atomic E-state index is -4.64. The third kappa shape index (κ3) is 3.32. The highest BCUT2D eigenvalue weighted by molar-refractivity contribution is 7.91. The fourth-order valence-corrected chi connectivity index (χ4v) is 3.70. The predicted octanol–water partition coefficient (Wildman–Crippen LogP) is 1.19. The first-order valence-electron chi connectivity index (χ1n) is 6.20. The van der Waals surface area contributed by atoms with Crippen molar-refractivity contribution < 1.29 is 31.5 Å². The van der Waals surface area contributed by atoms with Gasteiger partial charge in [-0.3, -0.25) is 0 Å². The maximum atomic E-state index is 13.0. The maximum absolute atomic E-state index is 13.0. The zero-order chi connectivity index (χ0) is 16.7. The van der Waals surface area contributed by atoms with Crippen molar-refractivity contribution >= 4 is 21.6 Å². The van der Waals surface area contributed by atoms with E-state index in [2.05, 4.69) is 4.98 Å². The minimum Gasteiger partial charge on any atom is -0.478 e. The number of rotatable bonds is 3. The molecule has 0 aliphatic carbocycles. The number of hydrogen-bond acceptors (Lipinski definition) is 5. The largest absolute Gasteiger partial charge is 0.478 e. The quantitative estimate of drug-likeness (QED) is 0.891. The van der Waals surface area contributed by atoms with E-state index < -0.39 is 39.7 Å². The first-order chi connectivity index (χ1) is 10.00. The number of alkyl halides is 3. The second kappa shape index (κ2) is 5.41. The van der Waals surface area contributed by atoms with E-state index in [4.69, 9.17) is 5.11 Å². The molecule has 1 fully saturated rings. The van der Waals surface area contributed by atoms with Crippen LogP contribution in [0.25, 0.3) is 0 Å². The van der Waals surface area contributed by atoms with E-state index in [1.54, 1.807) is 0 Å². The Balaban J connectivity index is 2.29. The van der Waals surface area contributed by atoms with E-state index in [1.807, 2.05) is 0 Å². The van der Waals surface area contributed by atoms with Gasteiger partial charge in [0.25, 0.3) is 0 Å². The number of nitrogens with zero attached hydrogens (tertiary/aromatic N) is 2. The van der Waals surface area contributed by atoms with Crippen molar-refractivity contribution in [1.29, 1.82) is 0 Å². The van der Waals surface area contributed by atoms with Crippen LogP contribution in [0.4, 0.5) is 19.0 Å². The molecule has 1 aromatic heterocycles. The molecule has 1 aliphatic rings. The summed E-state index contributed by atoms with van der Waals surface area (Å²) >= 11 is 0. The number of sulfone groups is 1. The number of aromatic carboxylic acids is 1. The van der Waals surface area contributed by atoms with E-state index in [9.17, 15) is 26.4 Å². The fraction of sp³-hybridized carbons (Fsp3) is 0.500. The summed E-state index contributed by atoms with van der Waals surface area (Å²) in [6, 6.07) is 2.47. The molecular weight excluding hydrogens is 325 g/mol. The molecule has 6 nitrogen and oxygen atoms in total. The van der Waals surface area contributed by atoms with Gasteiger partial charge in [-0.25, -0.2) is 18.2 Å². The molecule has 0 unspecified atom stereocenters. The van der Waals surface area contributed by atoms with Crippen LogP contribution in [0.5, 0.6) is 0 Å². The van der Waals surface area contributed by atoms with E-state index in [-0.39, 0.29) is 17.9 Å². The van der Waals surface area contributed by atoms with Gasteiger partial charge in [0.15, 0.2) is 9.84 Å². The Hall–Kier alpha value is -1.84. The summed E-state index contributed by atoms with van der Waals surface area (Å²) in [6.07, 6.45) is -2.83. The monoisotopic (exact) mass is 338 g/mol. The maximum Gasteiger partial charge on any atom is 0.394 e. The highest BCUT2D eigenvalue weighted by atomic mass is 32.2. The van der Waals surface area contributed by atoms with E-state index >= 15 is 0 Å². The third-order valence-corrected chi connectivity index (χ3v) is 5.13. The first kappa shape index (κ1) is 16.5. The number of pyridine rings is 1. The second-order valence-electron chi connectivity index (χ2n) is 5.13. The molecule has 1 saturated heterocycles. The van der Waals surface area contributed by atoms with Gasteiger partial charge in [-0.05, 0) is 12.1 Å². The van der Waals surface area contributed by atoms with Crippen LogP contribution in [0.1, 0.15) is 10.4 Å². The Morgan fingerprint density at radius 2 is 2.00 bits per heavy atom. The van der Waals surface area contributed by atoms with Crippen LogP contribution in [-0.2, 0) is 9.84 Å². The van der Waals surface area contributed by atoms with E-state index in [1.165, 1.54) is 17.0 Å². The molecule has 0 aromatic carbocycles. The summed E-state index contributed by atoms with van der Waals surface area (Å²) in [4.78, 5) is 15.7. The zero-order valence-electron chi connectivity index (χ0n) is 11.4. The van der Waals surface area contributed by atoms with Gasteiger partial charge in [-0.1, -0.05) is 0 Å². The Kier molecular flexibility index (Phi) is 4.07. The molecular formula is C12H13F3N2O4S. The number of carboxylic acids is 1. The van der Waals surface area contributed by atoms with Gasteiger partial charge in [0, 0.05) is 25.5 Å². The molecule has 122 valence electrons. The number of hydrogen-bond donors (Lipinski definition) is 1.